The maximum atomic E-state index is 12.7. The summed E-state index contributed by atoms with van der Waals surface area (Å²) >= 11 is 7.44. The number of hydrogen-bond donors (Lipinski definition) is 1. The molecule has 9 heteroatoms. The molecule has 1 N–H and O–H groups in total. The van der Waals surface area contributed by atoms with E-state index in [4.69, 9.17) is 11.6 Å². The fraction of sp³-hybridized carbons (Fsp3) is 0.333. The van der Waals surface area contributed by atoms with Gasteiger partial charge in [-0.15, -0.1) is 0 Å². The Bertz CT molecular complexity index is 1040. The van der Waals surface area contributed by atoms with Crippen LogP contribution in [-0.2, 0) is 11.3 Å². The number of aromatic nitrogens is 3. The van der Waals surface area contributed by atoms with E-state index in [1.807, 2.05) is 26.8 Å². The molecule has 0 atom stereocenters. The van der Waals surface area contributed by atoms with E-state index in [2.05, 4.69) is 20.2 Å². The molecule has 0 saturated heterocycles. The predicted molar refractivity (Wildman–Crippen MR) is 110 cm³/mol. The lowest BCUT2D eigenvalue weighted by Gasteiger charge is -2.15. The standard InChI is InChI=1S/C18H20ClN5O2S/c1-4-23(5-2)18-22-16-15(27-18)17(26)24(10-20-16)9-14(25)21-13-7-6-11(3)8-12(13)19/h6-8,10H,4-5,9H2,1-3H3,(H,21,25). The van der Waals surface area contributed by atoms with Crippen LogP contribution in [0.3, 0.4) is 0 Å². The van der Waals surface area contributed by atoms with Crippen LogP contribution in [0.5, 0.6) is 0 Å². The van der Waals surface area contributed by atoms with Crippen LogP contribution >= 0.6 is 22.9 Å². The Balaban J connectivity index is 1.83. The first-order chi connectivity index (χ1) is 12.9. The minimum Gasteiger partial charge on any atom is -0.349 e. The van der Waals surface area contributed by atoms with Crippen molar-refractivity contribution in [1.29, 1.82) is 0 Å². The number of rotatable bonds is 6. The van der Waals surface area contributed by atoms with E-state index in [0.29, 0.717) is 21.1 Å². The molecule has 7 nitrogen and oxygen atoms in total. The fourth-order valence-corrected chi connectivity index (χ4v) is 4.02. The van der Waals surface area contributed by atoms with E-state index in [0.717, 1.165) is 23.8 Å². The van der Waals surface area contributed by atoms with Crippen molar-refractivity contribution in [3.8, 4) is 0 Å². The highest BCUT2D eigenvalue weighted by Gasteiger charge is 2.15. The second-order valence-electron chi connectivity index (χ2n) is 6.03. The Morgan fingerprint density at radius 2 is 2.07 bits per heavy atom. The molecule has 0 unspecified atom stereocenters. The molecule has 2 heterocycles. The van der Waals surface area contributed by atoms with Gasteiger partial charge in [0.2, 0.25) is 5.91 Å². The number of carbonyl (C=O) groups excluding carboxylic acids is 1. The second-order valence-corrected chi connectivity index (χ2v) is 7.42. The molecule has 0 aliphatic heterocycles. The van der Waals surface area contributed by atoms with E-state index >= 15 is 0 Å². The van der Waals surface area contributed by atoms with Gasteiger partial charge in [-0.2, -0.15) is 4.98 Å². The number of nitrogens with one attached hydrogen (secondary N) is 1. The zero-order valence-electron chi connectivity index (χ0n) is 15.3. The number of fused-ring (bicyclic) bond motifs is 1. The third-order valence-electron chi connectivity index (χ3n) is 4.12. The molecule has 0 aliphatic carbocycles. The molecule has 0 aliphatic rings. The number of amides is 1. The van der Waals surface area contributed by atoms with E-state index < -0.39 is 0 Å². The molecule has 0 spiro atoms. The van der Waals surface area contributed by atoms with Crippen molar-refractivity contribution in [3.05, 3.63) is 45.5 Å². The molecule has 1 amide bonds. The van der Waals surface area contributed by atoms with Crippen LogP contribution in [-0.4, -0.2) is 33.5 Å². The lowest BCUT2D eigenvalue weighted by Crippen LogP contribution is -2.27. The maximum Gasteiger partial charge on any atom is 0.273 e. The zero-order valence-corrected chi connectivity index (χ0v) is 16.9. The molecule has 3 rings (SSSR count). The van der Waals surface area contributed by atoms with Crippen LogP contribution in [0.15, 0.2) is 29.3 Å². The summed E-state index contributed by atoms with van der Waals surface area (Å²) in [7, 11) is 0. The molecular formula is C18H20ClN5O2S. The topological polar surface area (TPSA) is 80.1 Å². The van der Waals surface area contributed by atoms with E-state index in [1.165, 1.54) is 22.2 Å². The van der Waals surface area contributed by atoms with Gasteiger partial charge >= 0.3 is 0 Å². The van der Waals surface area contributed by atoms with Gasteiger partial charge < -0.3 is 10.2 Å². The van der Waals surface area contributed by atoms with Crippen LogP contribution in [0.1, 0.15) is 19.4 Å². The molecular weight excluding hydrogens is 386 g/mol. The van der Waals surface area contributed by atoms with Crippen molar-refractivity contribution in [2.45, 2.75) is 27.3 Å². The van der Waals surface area contributed by atoms with Crippen molar-refractivity contribution in [1.82, 2.24) is 14.5 Å². The van der Waals surface area contributed by atoms with Gasteiger partial charge in [0.15, 0.2) is 10.8 Å². The van der Waals surface area contributed by atoms with Gasteiger partial charge in [-0.1, -0.05) is 29.0 Å². The number of thiazole rings is 1. The lowest BCUT2D eigenvalue weighted by atomic mass is 10.2. The first kappa shape index (κ1) is 19.3. The van der Waals surface area contributed by atoms with Gasteiger partial charge in [0.05, 0.1) is 10.7 Å². The highest BCUT2D eigenvalue weighted by molar-refractivity contribution is 7.22. The molecule has 27 heavy (non-hydrogen) atoms. The predicted octanol–water partition coefficient (Wildman–Crippen LogP) is 3.30. The van der Waals surface area contributed by atoms with E-state index in [-0.39, 0.29) is 18.0 Å². The SMILES string of the molecule is CCN(CC)c1nc2ncn(CC(=O)Nc3ccc(C)cc3Cl)c(=O)c2s1. The summed E-state index contributed by atoms with van der Waals surface area (Å²) in [5.41, 5.74) is 1.64. The monoisotopic (exact) mass is 405 g/mol. The molecule has 0 fully saturated rings. The van der Waals surface area contributed by atoms with Gasteiger partial charge in [0.1, 0.15) is 17.6 Å². The van der Waals surface area contributed by atoms with Gasteiger partial charge in [0, 0.05) is 13.1 Å². The number of nitrogens with zero attached hydrogens (tertiary/aromatic N) is 4. The smallest absolute Gasteiger partial charge is 0.273 e. The van der Waals surface area contributed by atoms with E-state index in [9.17, 15) is 9.59 Å². The maximum absolute atomic E-state index is 12.7. The summed E-state index contributed by atoms with van der Waals surface area (Å²) in [4.78, 5) is 35.8. The molecule has 2 aromatic heterocycles. The number of halogens is 1. The molecule has 3 aromatic rings. The molecule has 0 bridgehead atoms. The quantitative estimate of drug-likeness (QED) is 0.680. The van der Waals surface area contributed by atoms with Crippen LogP contribution in [0.4, 0.5) is 10.8 Å². The van der Waals surface area contributed by atoms with Crippen molar-refractivity contribution in [2.75, 3.05) is 23.3 Å². The van der Waals surface area contributed by atoms with Crippen LogP contribution < -0.4 is 15.8 Å². The van der Waals surface area contributed by atoms with Crippen LogP contribution in [0.25, 0.3) is 10.3 Å². The van der Waals surface area contributed by atoms with Gasteiger partial charge in [-0.05, 0) is 38.5 Å². The summed E-state index contributed by atoms with van der Waals surface area (Å²) in [6.45, 7) is 7.42. The second kappa shape index (κ2) is 8.06. The molecule has 0 radical (unpaired) electrons. The Morgan fingerprint density at radius 3 is 2.74 bits per heavy atom. The minimum atomic E-state index is -0.350. The Morgan fingerprint density at radius 1 is 1.33 bits per heavy atom. The van der Waals surface area contributed by atoms with Gasteiger partial charge in [0.25, 0.3) is 5.56 Å². The highest BCUT2D eigenvalue weighted by atomic mass is 35.5. The molecule has 1 aromatic carbocycles. The summed E-state index contributed by atoms with van der Waals surface area (Å²) in [5, 5.41) is 3.94. The summed E-state index contributed by atoms with van der Waals surface area (Å²) in [6, 6.07) is 5.36. The molecule has 142 valence electrons. The number of anilines is 2. The Kier molecular flexibility index (Phi) is 5.76. The largest absolute Gasteiger partial charge is 0.349 e. The Labute approximate surface area is 165 Å². The van der Waals surface area contributed by atoms with E-state index in [1.54, 1.807) is 12.1 Å². The van der Waals surface area contributed by atoms with Crippen molar-refractivity contribution < 1.29 is 4.79 Å². The Hall–Kier alpha value is -2.45. The lowest BCUT2D eigenvalue weighted by molar-refractivity contribution is -0.116. The normalized spacial score (nSPS) is 11.0. The molecule has 0 saturated carbocycles. The first-order valence-corrected chi connectivity index (χ1v) is 9.79. The van der Waals surface area contributed by atoms with Crippen molar-refractivity contribution in [2.24, 2.45) is 0 Å². The number of aryl methyl sites for hydroxylation is 1. The summed E-state index contributed by atoms with van der Waals surface area (Å²) < 4.78 is 1.73. The zero-order chi connectivity index (χ0) is 19.6. The third kappa shape index (κ3) is 4.12. The summed E-state index contributed by atoms with van der Waals surface area (Å²) in [5.74, 6) is -0.350. The third-order valence-corrected chi connectivity index (χ3v) is 5.53. The number of benzene rings is 1. The fourth-order valence-electron chi connectivity index (χ4n) is 2.64. The minimum absolute atomic E-state index is 0.148. The van der Waals surface area contributed by atoms with Crippen LogP contribution in [0.2, 0.25) is 5.02 Å². The highest BCUT2D eigenvalue weighted by Crippen LogP contribution is 2.25. The van der Waals surface area contributed by atoms with Crippen molar-refractivity contribution >= 4 is 50.0 Å². The number of hydrogen-bond acceptors (Lipinski definition) is 6. The average molecular weight is 406 g/mol. The van der Waals surface area contributed by atoms with Gasteiger partial charge in [-0.3, -0.25) is 14.2 Å². The average Bonchev–Trinajstić information content (AvgIpc) is 3.06. The number of carbonyl (C=O) groups is 1. The van der Waals surface area contributed by atoms with Crippen molar-refractivity contribution in [3.63, 3.8) is 0 Å². The van der Waals surface area contributed by atoms with Crippen LogP contribution in [0, 0.1) is 6.92 Å². The first-order valence-electron chi connectivity index (χ1n) is 8.59. The van der Waals surface area contributed by atoms with Gasteiger partial charge in [-0.25, -0.2) is 4.98 Å². The summed E-state index contributed by atoms with van der Waals surface area (Å²) in [6.07, 6.45) is 1.35.